The number of carbonyl (C=O) groups is 3. The Hall–Kier alpha value is -3.55. The third-order valence-electron chi connectivity index (χ3n) is 4.83. The molecule has 2 aromatic rings. The molecule has 1 fully saturated rings. The van der Waals surface area contributed by atoms with Crippen LogP contribution in [-0.2, 0) is 16.1 Å². The second-order valence-corrected chi connectivity index (χ2v) is 6.63. The highest BCUT2D eigenvalue weighted by molar-refractivity contribution is 6.01. The third-order valence-corrected chi connectivity index (χ3v) is 4.83. The summed E-state index contributed by atoms with van der Waals surface area (Å²) in [7, 11) is 2.93. The number of para-hydroxylation sites is 2. The molecule has 1 aliphatic rings. The van der Waals surface area contributed by atoms with Gasteiger partial charge in [-0.05, 0) is 29.8 Å². The maximum atomic E-state index is 12.6. The molecule has 1 heterocycles. The molecule has 8 heteroatoms. The number of rotatable bonds is 7. The smallest absolute Gasteiger partial charge is 0.339 e. The number of nitrogens with one attached hydrogen (secondary N) is 1. The fourth-order valence-corrected chi connectivity index (χ4v) is 3.33. The predicted molar refractivity (Wildman–Crippen MR) is 105 cm³/mol. The van der Waals surface area contributed by atoms with Crippen LogP contribution < -0.4 is 19.7 Å². The van der Waals surface area contributed by atoms with Gasteiger partial charge in [0.05, 0.1) is 25.8 Å². The van der Waals surface area contributed by atoms with Crippen LogP contribution in [0.25, 0.3) is 0 Å². The number of carboxylic acids is 1. The zero-order valence-electron chi connectivity index (χ0n) is 16.2. The molecule has 0 unspecified atom stereocenters. The summed E-state index contributed by atoms with van der Waals surface area (Å²) in [6.45, 7) is 0.413. The lowest BCUT2D eigenvalue weighted by Crippen LogP contribution is -2.32. The molecule has 1 aliphatic heterocycles. The maximum Gasteiger partial charge on any atom is 0.339 e. The lowest BCUT2D eigenvalue weighted by Gasteiger charge is -2.19. The number of carbonyl (C=O) groups excluding carboxylic acids is 2. The van der Waals surface area contributed by atoms with E-state index in [2.05, 4.69) is 5.32 Å². The minimum Gasteiger partial charge on any atom is -0.496 e. The fourth-order valence-electron chi connectivity index (χ4n) is 3.33. The van der Waals surface area contributed by atoms with E-state index in [1.165, 1.54) is 20.3 Å². The average molecular weight is 398 g/mol. The van der Waals surface area contributed by atoms with Crippen molar-refractivity contribution in [2.45, 2.75) is 13.0 Å². The Labute approximate surface area is 168 Å². The zero-order valence-corrected chi connectivity index (χ0v) is 16.2. The van der Waals surface area contributed by atoms with Crippen LogP contribution in [0.1, 0.15) is 22.3 Å². The first-order valence-electron chi connectivity index (χ1n) is 9.06. The van der Waals surface area contributed by atoms with E-state index in [9.17, 15) is 19.5 Å². The number of amides is 2. The standard InChI is InChI=1S/C21H22N2O6/c1-28-17-8-7-13(9-15(17)21(26)27)11-22-20(25)14-10-19(24)23(12-14)16-5-3-4-6-18(16)29-2/h3-9,14H,10-12H2,1-2H3,(H,22,25)(H,26,27)/t14-/m1/s1. The van der Waals surface area contributed by atoms with Crippen LogP contribution in [0.3, 0.4) is 0 Å². The van der Waals surface area contributed by atoms with Crippen molar-refractivity contribution >= 4 is 23.5 Å². The number of ether oxygens (including phenoxy) is 2. The lowest BCUT2D eigenvalue weighted by molar-refractivity contribution is -0.126. The molecule has 0 aliphatic carbocycles. The molecule has 0 spiro atoms. The van der Waals surface area contributed by atoms with E-state index in [-0.39, 0.29) is 42.6 Å². The van der Waals surface area contributed by atoms with Gasteiger partial charge in [0.1, 0.15) is 17.1 Å². The van der Waals surface area contributed by atoms with Crippen LogP contribution in [0.4, 0.5) is 5.69 Å². The van der Waals surface area contributed by atoms with Crippen molar-refractivity contribution in [2.75, 3.05) is 25.7 Å². The molecule has 2 N–H and O–H groups in total. The lowest BCUT2D eigenvalue weighted by atomic mass is 10.1. The molecule has 3 rings (SSSR count). The van der Waals surface area contributed by atoms with Gasteiger partial charge in [0.2, 0.25) is 11.8 Å². The molecule has 0 aromatic heterocycles. The molecule has 29 heavy (non-hydrogen) atoms. The van der Waals surface area contributed by atoms with Crippen LogP contribution in [0.15, 0.2) is 42.5 Å². The molecule has 0 saturated carbocycles. The fraction of sp³-hybridized carbons (Fsp3) is 0.286. The van der Waals surface area contributed by atoms with E-state index in [1.54, 1.807) is 29.2 Å². The summed E-state index contributed by atoms with van der Waals surface area (Å²) in [6, 6.07) is 11.9. The number of carboxylic acid groups (broad SMARTS) is 1. The zero-order chi connectivity index (χ0) is 21.0. The van der Waals surface area contributed by atoms with Crippen molar-refractivity contribution in [3.63, 3.8) is 0 Å². The minimum atomic E-state index is -1.11. The summed E-state index contributed by atoms with van der Waals surface area (Å²) in [5.74, 6) is -1.19. The molecule has 152 valence electrons. The van der Waals surface area contributed by atoms with Crippen LogP contribution >= 0.6 is 0 Å². The Balaban J connectivity index is 1.66. The summed E-state index contributed by atoms with van der Waals surface area (Å²) < 4.78 is 10.3. The van der Waals surface area contributed by atoms with Gasteiger partial charge in [-0.1, -0.05) is 18.2 Å². The molecule has 0 bridgehead atoms. The van der Waals surface area contributed by atoms with Crippen molar-refractivity contribution in [3.05, 3.63) is 53.6 Å². The molecule has 2 amide bonds. The molecular formula is C21H22N2O6. The summed E-state index contributed by atoms with van der Waals surface area (Å²) in [5.41, 5.74) is 1.29. The van der Waals surface area contributed by atoms with E-state index in [4.69, 9.17) is 9.47 Å². The van der Waals surface area contributed by atoms with Gasteiger partial charge in [0, 0.05) is 19.5 Å². The highest BCUT2D eigenvalue weighted by Crippen LogP contribution is 2.32. The summed E-state index contributed by atoms with van der Waals surface area (Å²) >= 11 is 0. The van der Waals surface area contributed by atoms with Gasteiger partial charge in [-0.2, -0.15) is 0 Å². The summed E-state index contributed by atoms with van der Waals surface area (Å²) in [5, 5.41) is 12.0. The van der Waals surface area contributed by atoms with Gasteiger partial charge in [-0.15, -0.1) is 0 Å². The van der Waals surface area contributed by atoms with Gasteiger partial charge in [-0.3, -0.25) is 9.59 Å². The Morgan fingerprint density at radius 1 is 1.14 bits per heavy atom. The van der Waals surface area contributed by atoms with E-state index in [0.717, 1.165) is 0 Å². The van der Waals surface area contributed by atoms with Crippen LogP contribution in [0.5, 0.6) is 11.5 Å². The normalized spacial score (nSPS) is 15.9. The van der Waals surface area contributed by atoms with E-state index < -0.39 is 11.9 Å². The second kappa shape index (κ2) is 8.64. The molecule has 0 radical (unpaired) electrons. The molecule has 8 nitrogen and oxygen atoms in total. The van der Waals surface area contributed by atoms with Crippen LogP contribution in [0.2, 0.25) is 0 Å². The Morgan fingerprint density at radius 2 is 1.86 bits per heavy atom. The van der Waals surface area contributed by atoms with Gasteiger partial charge in [0.25, 0.3) is 0 Å². The molecule has 2 aromatic carbocycles. The number of benzene rings is 2. The molecular weight excluding hydrogens is 376 g/mol. The Bertz CT molecular complexity index is 943. The number of nitrogens with zero attached hydrogens (tertiary/aromatic N) is 1. The Kier molecular flexibility index (Phi) is 6.01. The monoisotopic (exact) mass is 398 g/mol. The number of hydrogen-bond donors (Lipinski definition) is 2. The maximum absolute atomic E-state index is 12.6. The van der Waals surface area contributed by atoms with E-state index in [0.29, 0.717) is 17.0 Å². The number of hydrogen-bond acceptors (Lipinski definition) is 5. The highest BCUT2D eigenvalue weighted by atomic mass is 16.5. The number of methoxy groups -OCH3 is 2. The third kappa shape index (κ3) is 4.31. The Morgan fingerprint density at radius 3 is 2.55 bits per heavy atom. The van der Waals surface area contributed by atoms with Gasteiger partial charge >= 0.3 is 5.97 Å². The average Bonchev–Trinajstić information content (AvgIpc) is 3.13. The summed E-state index contributed by atoms with van der Waals surface area (Å²) in [4.78, 5) is 37.9. The van der Waals surface area contributed by atoms with Crippen molar-refractivity contribution < 1.29 is 29.0 Å². The quantitative estimate of drug-likeness (QED) is 0.740. The molecule has 1 saturated heterocycles. The van der Waals surface area contributed by atoms with Crippen LogP contribution in [0, 0.1) is 5.92 Å². The van der Waals surface area contributed by atoms with Gasteiger partial charge in [0.15, 0.2) is 0 Å². The van der Waals surface area contributed by atoms with Crippen LogP contribution in [-0.4, -0.2) is 43.7 Å². The predicted octanol–water partition coefficient (Wildman–Crippen LogP) is 2.07. The second-order valence-electron chi connectivity index (χ2n) is 6.63. The molecule has 1 atom stereocenters. The SMILES string of the molecule is COc1ccc(CNC(=O)[C@@H]2CC(=O)N(c3ccccc3OC)C2)cc1C(=O)O. The first-order chi connectivity index (χ1) is 13.9. The highest BCUT2D eigenvalue weighted by Gasteiger charge is 2.36. The van der Waals surface area contributed by atoms with E-state index >= 15 is 0 Å². The van der Waals surface area contributed by atoms with Crippen molar-refractivity contribution in [1.82, 2.24) is 5.32 Å². The first-order valence-corrected chi connectivity index (χ1v) is 9.06. The van der Waals surface area contributed by atoms with Gasteiger partial charge < -0.3 is 24.8 Å². The van der Waals surface area contributed by atoms with Crippen molar-refractivity contribution in [3.8, 4) is 11.5 Å². The largest absolute Gasteiger partial charge is 0.496 e. The summed E-state index contributed by atoms with van der Waals surface area (Å²) in [6.07, 6.45) is 0.104. The minimum absolute atomic E-state index is 0.0256. The number of anilines is 1. The van der Waals surface area contributed by atoms with Crippen molar-refractivity contribution in [1.29, 1.82) is 0 Å². The topological polar surface area (TPSA) is 105 Å². The number of aromatic carboxylic acids is 1. The van der Waals surface area contributed by atoms with Gasteiger partial charge in [-0.25, -0.2) is 4.79 Å². The van der Waals surface area contributed by atoms with E-state index in [1.807, 2.05) is 12.1 Å². The first kappa shape index (κ1) is 20.2. The van der Waals surface area contributed by atoms with Crippen molar-refractivity contribution in [2.24, 2.45) is 5.92 Å².